The van der Waals surface area contributed by atoms with Gasteiger partial charge in [0.15, 0.2) is 46.6 Å². The van der Waals surface area contributed by atoms with Crippen molar-refractivity contribution in [1.82, 2.24) is 64.5 Å². The summed E-state index contributed by atoms with van der Waals surface area (Å²) >= 11 is 11.9. The topological polar surface area (TPSA) is 436 Å². The molecular weight excluding hydrogens is 1660 g/mol. The smallest absolute Gasteiger partial charge is 0.412 e. The van der Waals surface area contributed by atoms with E-state index in [1.54, 1.807) is 140 Å². The number of fused-ring (bicyclic) bond motifs is 3. The highest BCUT2D eigenvalue weighted by Gasteiger charge is 2.69. The Morgan fingerprint density at radius 3 is 1.09 bits per heavy atom. The molecule has 13 rings (SSSR count). The van der Waals surface area contributed by atoms with Crippen LogP contribution < -0.4 is 16.4 Å². The number of carboxylic acids is 1. The number of hydrogen-bond acceptors (Lipinski definition) is 23. The standard InChI is InChI=1S/C32H44ClN5O7S.C25H38N4O8S.C24H32ClN5O5S/c1-29(2,3)45-28(41)38-23(18-44-31(38,6)7)30(4,5)46(42,43)32(14-15-32)19-37-16-13-22-24(35-36(8)25(22)27(37)40)26(39)34-17-20-9-11-21(33)12-10-20;1-22(2,3)37-21(33)29-16(13-36-24(29,6)7)23(4,5)38(34,35)25(10-11-25)14-28-12-9-15-17(20(31)32)26-27(8)18(15)19(28)30;1-23(2,18(26)13-31)36(34,35)24(9-10-24)14-30-11-8-17-19(28-29(3)20(17)22(30)33)21(32)27-12-15-4-6-16(25)7-5-15/h9-12,23H,13-19H2,1-8H3,(H,34,39);16H,9-14H2,1-8H3,(H,31,32);4-7,18,31H,8-14,26H2,1-3H3,(H,27,32)/t23-;16-;18-/m111/s1. The number of aliphatic hydroxyl groups excluding tert-OH is 1. The molecule has 660 valence electrons. The van der Waals surface area contributed by atoms with Crippen molar-refractivity contribution in [1.29, 1.82) is 0 Å². The minimum absolute atomic E-state index is 0.00369. The monoisotopic (exact) mass is 1770 g/mol. The number of sulfone groups is 3. The fraction of sp³-hybridized carbons (Fsp3) is 0.642. The van der Waals surface area contributed by atoms with Crippen LogP contribution >= 0.6 is 23.2 Å². The molecule has 5 fully saturated rings. The second-order valence-corrected chi connectivity index (χ2v) is 46.8. The van der Waals surface area contributed by atoms with Crippen LogP contribution in [-0.4, -0.2) is 265 Å². The van der Waals surface area contributed by atoms with E-state index in [0.29, 0.717) is 78.1 Å². The molecule has 8 aliphatic rings. The molecule has 0 unspecified atom stereocenters. The quantitative estimate of drug-likeness (QED) is 0.0426. The number of carbonyl (C=O) groups excluding carboxylic acids is 7. The third kappa shape index (κ3) is 17.2. The number of aliphatic hydroxyl groups is 1. The average Bonchev–Trinajstić information content (AvgIpc) is 1.54. The number of aromatic nitrogens is 6. The van der Waals surface area contributed by atoms with Gasteiger partial charge in [-0.25, -0.2) is 39.6 Å². The van der Waals surface area contributed by atoms with Crippen LogP contribution in [0.25, 0.3) is 0 Å². The largest absolute Gasteiger partial charge is 0.476 e. The summed E-state index contributed by atoms with van der Waals surface area (Å²) in [6.45, 7) is 27.7. The Labute approximate surface area is 710 Å². The molecule has 2 saturated heterocycles. The van der Waals surface area contributed by atoms with E-state index in [9.17, 15) is 73.8 Å². The third-order valence-corrected chi connectivity index (χ3v) is 35.2. The number of benzene rings is 2. The lowest BCUT2D eigenvalue weighted by molar-refractivity contribution is -0.0645. The van der Waals surface area contributed by atoms with Gasteiger partial charge >= 0.3 is 18.2 Å². The summed E-state index contributed by atoms with van der Waals surface area (Å²) in [5.74, 6) is -3.14. The van der Waals surface area contributed by atoms with Gasteiger partial charge in [0, 0.05) is 106 Å². The first kappa shape index (κ1) is 92.4. The summed E-state index contributed by atoms with van der Waals surface area (Å²) in [5.41, 5.74) is 6.40. The molecular formula is C81H114Cl2N14O20S3. The SMILES string of the molecule is Cn1nc(C(=O)NCc2ccc(Cl)cc2)c2c1C(=O)N(CC1(S(=O)(=O)C(C)(C)[C@H](N)CO)CC1)CC2.Cn1nc(C(=O)NCc2ccc(Cl)cc2)c2c1C(=O)N(CC1(S(=O)(=O)C(C)(C)[C@H]3COC(C)(C)N3C(=O)OC(C)(C)C)CC1)CC2.Cn1nc(C(=O)O)c2c1C(=O)N(CC1(S(=O)(=O)C(C)(C)[C@H]3COC(C)(C)N3C(=O)OC(C)(C)C)CC1)CC2. The zero-order valence-electron chi connectivity index (χ0n) is 71.7. The summed E-state index contributed by atoms with van der Waals surface area (Å²) < 4.78 is 104. The Morgan fingerprint density at radius 2 is 0.808 bits per heavy atom. The summed E-state index contributed by atoms with van der Waals surface area (Å²) in [6, 6.07) is 11.7. The number of nitrogens with one attached hydrogen (secondary N) is 2. The number of halogens is 2. The van der Waals surface area contributed by atoms with Gasteiger partial charge in [0.05, 0.1) is 60.4 Å². The lowest BCUT2D eigenvalue weighted by Crippen LogP contribution is -2.61. The van der Waals surface area contributed by atoms with E-state index in [0.717, 1.165) is 11.1 Å². The molecule has 3 aromatic heterocycles. The van der Waals surface area contributed by atoms with Crippen LogP contribution in [0.15, 0.2) is 48.5 Å². The predicted octanol–water partition coefficient (Wildman–Crippen LogP) is 7.36. The molecule has 3 aliphatic carbocycles. The van der Waals surface area contributed by atoms with Crippen molar-refractivity contribution in [2.75, 3.05) is 59.1 Å². The molecule has 0 spiro atoms. The van der Waals surface area contributed by atoms with Crippen LogP contribution in [0.3, 0.4) is 0 Å². The van der Waals surface area contributed by atoms with Crippen molar-refractivity contribution in [3.8, 4) is 0 Å². The zero-order chi connectivity index (χ0) is 89.1. The molecule has 5 aliphatic heterocycles. The first-order valence-corrected chi connectivity index (χ1v) is 45.3. The molecule has 3 atom stereocenters. The van der Waals surface area contributed by atoms with Gasteiger partial charge in [-0.3, -0.25) is 47.8 Å². The van der Waals surface area contributed by atoms with Gasteiger partial charge in [0.1, 0.15) is 39.7 Å². The second kappa shape index (κ2) is 32.4. The van der Waals surface area contributed by atoms with Gasteiger partial charge in [0.2, 0.25) is 0 Å². The summed E-state index contributed by atoms with van der Waals surface area (Å²) in [7, 11) is -6.93. The molecule has 0 radical (unpaired) electrons. The maximum Gasteiger partial charge on any atom is 0.412 e. The lowest BCUT2D eigenvalue weighted by Gasteiger charge is -2.42. The number of hydrogen-bond donors (Lipinski definition) is 5. The number of nitrogens with two attached hydrogens (primary N) is 1. The number of carboxylic acid groups (broad SMARTS) is 1. The second-order valence-electron chi connectivity index (χ2n) is 37.2. The molecule has 120 heavy (non-hydrogen) atoms. The highest BCUT2D eigenvalue weighted by atomic mass is 35.5. The van der Waals surface area contributed by atoms with Crippen LogP contribution in [-0.2, 0) is 102 Å². The minimum Gasteiger partial charge on any atom is -0.476 e. The van der Waals surface area contributed by atoms with Crippen molar-refractivity contribution >= 4 is 100 Å². The predicted molar refractivity (Wildman–Crippen MR) is 444 cm³/mol. The molecule has 6 N–H and O–H groups in total. The molecule has 2 aromatic carbocycles. The Hall–Kier alpha value is -8.30. The maximum atomic E-state index is 14.5. The molecule has 5 aromatic rings. The normalized spacial score (nSPS) is 20.6. The Bertz CT molecular complexity index is 5250. The first-order chi connectivity index (χ1) is 55.3. The Kier molecular flexibility index (Phi) is 25.0. The van der Waals surface area contributed by atoms with Crippen molar-refractivity contribution in [3.63, 3.8) is 0 Å². The third-order valence-electron chi connectivity index (χ3n) is 24.7. The highest BCUT2D eigenvalue weighted by molar-refractivity contribution is 7.95. The van der Waals surface area contributed by atoms with Gasteiger partial charge < -0.3 is 60.2 Å². The van der Waals surface area contributed by atoms with Crippen molar-refractivity contribution in [2.24, 2.45) is 26.9 Å². The number of nitrogens with zero attached hydrogens (tertiary/aromatic N) is 11. The van der Waals surface area contributed by atoms with E-state index < -0.39 is 135 Å². The van der Waals surface area contributed by atoms with Gasteiger partial charge in [-0.1, -0.05) is 47.5 Å². The number of carbonyl (C=O) groups is 8. The highest BCUT2D eigenvalue weighted by Crippen LogP contribution is 2.55. The van der Waals surface area contributed by atoms with Crippen LogP contribution in [0.5, 0.6) is 0 Å². The Morgan fingerprint density at radius 1 is 0.517 bits per heavy atom. The molecule has 7 amide bonds. The summed E-state index contributed by atoms with van der Waals surface area (Å²) in [4.78, 5) is 112. The van der Waals surface area contributed by atoms with Crippen LogP contribution in [0.2, 0.25) is 10.0 Å². The lowest BCUT2D eigenvalue weighted by atomic mass is 10.0. The van der Waals surface area contributed by atoms with Crippen LogP contribution in [0, 0.1) is 0 Å². The van der Waals surface area contributed by atoms with Gasteiger partial charge in [-0.15, -0.1) is 0 Å². The van der Waals surface area contributed by atoms with Crippen LogP contribution in [0.4, 0.5) is 9.59 Å². The molecule has 8 heterocycles. The number of amides is 7. The number of ether oxygens (including phenoxy) is 4. The van der Waals surface area contributed by atoms with Gasteiger partial charge in [-0.2, -0.15) is 15.3 Å². The molecule has 3 saturated carbocycles. The van der Waals surface area contributed by atoms with E-state index >= 15 is 0 Å². The van der Waals surface area contributed by atoms with E-state index in [2.05, 4.69) is 25.9 Å². The molecule has 34 nitrogen and oxygen atoms in total. The first-order valence-electron chi connectivity index (χ1n) is 40.1. The van der Waals surface area contributed by atoms with Crippen molar-refractivity contribution in [2.45, 2.75) is 251 Å². The van der Waals surface area contributed by atoms with E-state index in [-0.39, 0.29) is 124 Å². The number of aromatic carboxylic acids is 1. The Balaban J connectivity index is 0.000000178. The average molecular weight is 1770 g/mol. The molecule has 0 bridgehead atoms. The molecule has 39 heteroatoms. The maximum absolute atomic E-state index is 14.5. The van der Waals surface area contributed by atoms with Gasteiger partial charge in [-0.05, 0) is 204 Å². The minimum atomic E-state index is -3.94. The zero-order valence-corrected chi connectivity index (χ0v) is 75.7. The van der Waals surface area contributed by atoms with Crippen LogP contribution in [0.1, 0.15) is 240 Å². The fourth-order valence-electron chi connectivity index (χ4n) is 16.8. The van der Waals surface area contributed by atoms with E-state index in [1.165, 1.54) is 54.5 Å². The van der Waals surface area contributed by atoms with Crippen molar-refractivity contribution in [3.05, 3.63) is 121 Å². The number of aryl methyl sites for hydroxylation is 3. The van der Waals surface area contributed by atoms with Gasteiger partial charge in [0.25, 0.3) is 29.5 Å². The fourth-order valence-corrected chi connectivity index (χ4v) is 24.9. The van der Waals surface area contributed by atoms with Crippen molar-refractivity contribution < 1.29 is 92.8 Å². The summed E-state index contributed by atoms with van der Waals surface area (Å²) in [5, 5.41) is 38.5. The summed E-state index contributed by atoms with van der Waals surface area (Å²) in [6.07, 6.45) is 2.12. The number of rotatable bonds is 23. The van der Waals surface area contributed by atoms with E-state index in [4.69, 9.17) is 47.9 Å². The van der Waals surface area contributed by atoms with E-state index in [1.807, 2.05) is 24.3 Å².